The molecule has 0 radical (unpaired) electrons. The van der Waals surface area contributed by atoms with Gasteiger partial charge in [-0.3, -0.25) is 19.3 Å². The number of hydrogen-bond donors (Lipinski definition) is 1. The van der Waals surface area contributed by atoms with Crippen molar-refractivity contribution in [3.05, 3.63) is 70.2 Å². The van der Waals surface area contributed by atoms with Crippen LogP contribution in [0.2, 0.25) is 5.02 Å². The second-order valence-electron chi connectivity index (χ2n) is 6.18. The molecular weight excluding hydrogens is 384 g/mol. The Morgan fingerprint density at radius 2 is 1.61 bits per heavy atom. The molecule has 2 aromatic rings. The van der Waals surface area contributed by atoms with E-state index in [1.165, 1.54) is 19.1 Å². The van der Waals surface area contributed by atoms with E-state index in [9.17, 15) is 19.2 Å². The molecule has 7 nitrogen and oxygen atoms in total. The molecule has 0 bridgehead atoms. The third-order valence-electron chi connectivity index (χ3n) is 4.33. The van der Waals surface area contributed by atoms with E-state index in [-0.39, 0.29) is 17.7 Å². The van der Waals surface area contributed by atoms with Crippen molar-refractivity contribution in [3.63, 3.8) is 0 Å². The van der Waals surface area contributed by atoms with Gasteiger partial charge < -0.3 is 10.1 Å². The number of imide groups is 1. The molecule has 0 fully saturated rings. The topological polar surface area (TPSA) is 92.8 Å². The van der Waals surface area contributed by atoms with Crippen LogP contribution in [0.15, 0.2) is 48.5 Å². The average Bonchev–Trinajstić information content (AvgIpc) is 2.95. The number of hydrogen-bond acceptors (Lipinski definition) is 5. The van der Waals surface area contributed by atoms with Gasteiger partial charge in [-0.2, -0.15) is 0 Å². The van der Waals surface area contributed by atoms with Gasteiger partial charge in [0, 0.05) is 11.6 Å². The first-order chi connectivity index (χ1) is 13.4. The van der Waals surface area contributed by atoms with Crippen LogP contribution in [0.4, 0.5) is 0 Å². The highest BCUT2D eigenvalue weighted by Gasteiger charge is 2.41. The number of benzene rings is 2. The van der Waals surface area contributed by atoms with E-state index in [1.807, 2.05) is 0 Å². The summed E-state index contributed by atoms with van der Waals surface area (Å²) < 4.78 is 4.96. The molecule has 1 atom stereocenters. The predicted octanol–water partition coefficient (Wildman–Crippen LogP) is 2.18. The number of carbonyl (C=O) groups is 4. The Kier molecular flexibility index (Phi) is 5.75. The van der Waals surface area contributed by atoms with Gasteiger partial charge in [-0.1, -0.05) is 41.9 Å². The van der Waals surface area contributed by atoms with Crippen LogP contribution >= 0.6 is 11.6 Å². The third-order valence-corrected chi connectivity index (χ3v) is 4.70. The minimum Gasteiger partial charge on any atom is -0.454 e. The molecule has 0 aromatic heterocycles. The first kappa shape index (κ1) is 19.6. The molecule has 1 aliphatic heterocycles. The molecule has 0 saturated carbocycles. The third kappa shape index (κ3) is 3.89. The highest BCUT2D eigenvalue weighted by molar-refractivity contribution is 6.31. The Morgan fingerprint density at radius 1 is 1.04 bits per heavy atom. The Bertz CT molecular complexity index is 924. The number of nitrogens with one attached hydrogen (secondary N) is 1. The lowest BCUT2D eigenvalue weighted by Crippen LogP contribution is -2.44. The normalized spacial score (nSPS) is 13.9. The molecule has 3 rings (SSSR count). The summed E-state index contributed by atoms with van der Waals surface area (Å²) in [6.45, 7) is 1.03. The van der Waals surface area contributed by atoms with Gasteiger partial charge >= 0.3 is 5.97 Å². The summed E-state index contributed by atoms with van der Waals surface area (Å²) in [4.78, 5) is 49.8. The van der Waals surface area contributed by atoms with E-state index >= 15 is 0 Å². The molecule has 144 valence electrons. The van der Waals surface area contributed by atoms with Crippen molar-refractivity contribution in [2.24, 2.45) is 0 Å². The number of amides is 3. The molecule has 1 aliphatic rings. The molecule has 0 spiro atoms. The molecule has 1 heterocycles. The van der Waals surface area contributed by atoms with Gasteiger partial charge in [-0.05, 0) is 30.7 Å². The SMILES string of the molecule is C[C@@H](C(=O)OCC(=O)NCc1ccccc1Cl)N1C(=O)c2ccccc2C1=O. The highest BCUT2D eigenvalue weighted by Crippen LogP contribution is 2.24. The number of rotatable bonds is 6. The first-order valence-electron chi connectivity index (χ1n) is 8.54. The number of esters is 1. The van der Waals surface area contributed by atoms with Crippen LogP contribution in [0.3, 0.4) is 0 Å². The minimum absolute atomic E-state index is 0.185. The summed E-state index contributed by atoms with van der Waals surface area (Å²) in [6.07, 6.45) is 0. The van der Waals surface area contributed by atoms with Crippen LogP contribution in [-0.4, -0.2) is 41.2 Å². The fraction of sp³-hybridized carbons (Fsp3) is 0.200. The van der Waals surface area contributed by atoms with E-state index < -0.39 is 36.3 Å². The molecule has 1 N–H and O–H groups in total. The van der Waals surface area contributed by atoms with E-state index in [0.717, 1.165) is 10.5 Å². The van der Waals surface area contributed by atoms with Crippen molar-refractivity contribution < 1.29 is 23.9 Å². The zero-order valence-corrected chi connectivity index (χ0v) is 15.7. The number of carbonyl (C=O) groups excluding carboxylic acids is 4. The second-order valence-corrected chi connectivity index (χ2v) is 6.58. The van der Waals surface area contributed by atoms with Crippen LogP contribution in [0.5, 0.6) is 0 Å². The lowest BCUT2D eigenvalue weighted by Gasteiger charge is -2.20. The maximum atomic E-state index is 12.4. The van der Waals surface area contributed by atoms with Gasteiger partial charge in [0.1, 0.15) is 6.04 Å². The van der Waals surface area contributed by atoms with E-state index in [2.05, 4.69) is 5.32 Å². The average molecular weight is 401 g/mol. The van der Waals surface area contributed by atoms with Crippen LogP contribution in [0.1, 0.15) is 33.2 Å². The number of halogens is 1. The fourth-order valence-corrected chi connectivity index (χ4v) is 3.01. The Morgan fingerprint density at radius 3 is 2.21 bits per heavy atom. The lowest BCUT2D eigenvalue weighted by molar-refractivity contribution is -0.151. The monoisotopic (exact) mass is 400 g/mol. The number of fused-ring (bicyclic) bond motifs is 1. The molecule has 3 amide bonds. The van der Waals surface area contributed by atoms with Crippen LogP contribution in [0, 0.1) is 0 Å². The van der Waals surface area contributed by atoms with Gasteiger partial charge in [0.2, 0.25) is 0 Å². The minimum atomic E-state index is -1.15. The maximum Gasteiger partial charge on any atom is 0.329 e. The largest absolute Gasteiger partial charge is 0.454 e. The molecule has 0 aliphatic carbocycles. The van der Waals surface area contributed by atoms with Crippen molar-refractivity contribution >= 4 is 35.3 Å². The van der Waals surface area contributed by atoms with Gasteiger partial charge in [0.05, 0.1) is 11.1 Å². The fourth-order valence-electron chi connectivity index (χ4n) is 2.81. The quantitative estimate of drug-likeness (QED) is 0.592. The van der Waals surface area contributed by atoms with E-state index in [4.69, 9.17) is 16.3 Å². The molecule has 0 saturated heterocycles. The summed E-state index contributed by atoms with van der Waals surface area (Å²) in [7, 11) is 0. The summed E-state index contributed by atoms with van der Waals surface area (Å²) in [5.74, 6) is -2.49. The van der Waals surface area contributed by atoms with Crippen molar-refractivity contribution in [2.75, 3.05) is 6.61 Å². The molecule has 0 unspecified atom stereocenters. The van der Waals surface area contributed by atoms with Crippen molar-refractivity contribution in [1.82, 2.24) is 10.2 Å². The van der Waals surface area contributed by atoms with Crippen LogP contribution in [-0.2, 0) is 20.9 Å². The summed E-state index contributed by atoms with van der Waals surface area (Å²) in [6, 6.07) is 12.2. The molecular formula is C20H17ClN2O5. The molecule has 8 heteroatoms. The molecule has 2 aromatic carbocycles. The standard InChI is InChI=1S/C20H17ClN2O5/c1-12(23-18(25)14-7-3-4-8-15(14)19(23)26)20(27)28-11-17(24)22-10-13-6-2-5-9-16(13)21/h2-9,12H,10-11H2,1H3,(H,22,24)/t12-/m0/s1. The van der Waals surface area contributed by atoms with Gasteiger partial charge in [-0.25, -0.2) is 4.79 Å². The Balaban J connectivity index is 1.54. The highest BCUT2D eigenvalue weighted by atomic mass is 35.5. The second kappa shape index (κ2) is 8.22. The number of nitrogens with zero attached hydrogens (tertiary/aromatic N) is 1. The van der Waals surface area contributed by atoms with Gasteiger partial charge in [0.25, 0.3) is 17.7 Å². The first-order valence-corrected chi connectivity index (χ1v) is 8.91. The van der Waals surface area contributed by atoms with Gasteiger partial charge in [0.15, 0.2) is 6.61 Å². The lowest BCUT2D eigenvalue weighted by atomic mass is 10.1. The zero-order valence-electron chi connectivity index (χ0n) is 15.0. The van der Waals surface area contributed by atoms with Crippen molar-refractivity contribution in [3.8, 4) is 0 Å². The predicted molar refractivity (Wildman–Crippen MR) is 101 cm³/mol. The van der Waals surface area contributed by atoms with E-state index in [1.54, 1.807) is 36.4 Å². The van der Waals surface area contributed by atoms with Crippen molar-refractivity contribution in [1.29, 1.82) is 0 Å². The summed E-state index contributed by atoms with van der Waals surface area (Å²) >= 11 is 6.01. The number of ether oxygens (including phenoxy) is 1. The van der Waals surface area contributed by atoms with Crippen LogP contribution in [0.25, 0.3) is 0 Å². The zero-order chi connectivity index (χ0) is 20.3. The smallest absolute Gasteiger partial charge is 0.329 e. The Hall–Kier alpha value is -3.19. The maximum absolute atomic E-state index is 12.4. The molecule has 28 heavy (non-hydrogen) atoms. The van der Waals surface area contributed by atoms with E-state index in [0.29, 0.717) is 5.02 Å². The summed E-state index contributed by atoms with van der Waals surface area (Å²) in [5.41, 5.74) is 1.21. The Labute approximate surface area is 166 Å². The van der Waals surface area contributed by atoms with Crippen molar-refractivity contribution in [2.45, 2.75) is 19.5 Å². The van der Waals surface area contributed by atoms with Crippen LogP contribution < -0.4 is 5.32 Å². The van der Waals surface area contributed by atoms with Gasteiger partial charge in [-0.15, -0.1) is 0 Å². The summed E-state index contributed by atoms with van der Waals surface area (Å²) in [5, 5.41) is 3.10.